The Labute approximate surface area is 117 Å². The van der Waals surface area contributed by atoms with Gasteiger partial charge in [-0.25, -0.2) is 9.18 Å². The molecule has 0 bridgehead atoms. The van der Waals surface area contributed by atoms with E-state index in [0.29, 0.717) is 5.69 Å². The van der Waals surface area contributed by atoms with Gasteiger partial charge in [-0.3, -0.25) is 0 Å². The Morgan fingerprint density at radius 3 is 2.65 bits per heavy atom. The first kappa shape index (κ1) is 13.0. The molecule has 0 aromatic heterocycles. The third-order valence-corrected chi connectivity index (χ3v) is 4.13. The number of carbonyl (C=O) groups is 1. The van der Waals surface area contributed by atoms with Crippen molar-refractivity contribution < 1.29 is 9.18 Å². The first-order valence-electron chi connectivity index (χ1n) is 6.99. The maximum absolute atomic E-state index is 13.3. The van der Waals surface area contributed by atoms with Gasteiger partial charge >= 0.3 is 6.03 Å². The van der Waals surface area contributed by atoms with Crippen LogP contribution in [-0.2, 0) is 0 Å². The fourth-order valence-electron chi connectivity index (χ4n) is 3.04. The number of hydrogen-bond acceptors (Lipinski definition) is 3. The topological polar surface area (TPSA) is 61.6 Å². The van der Waals surface area contributed by atoms with Crippen molar-refractivity contribution in [3.8, 4) is 0 Å². The van der Waals surface area contributed by atoms with Gasteiger partial charge in [0.05, 0.1) is 11.4 Å². The summed E-state index contributed by atoms with van der Waals surface area (Å²) in [5.41, 5.74) is 7.28. The van der Waals surface area contributed by atoms with Gasteiger partial charge < -0.3 is 20.9 Å². The second kappa shape index (κ2) is 5.19. The van der Waals surface area contributed by atoms with Crippen LogP contribution in [0.15, 0.2) is 18.2 Å². The molecule has 1 aromatic carbocycles. The van der Waals surface area contributed by atoms with Gasteiger partial charge in [-0.15, -0.1) is 0 Å². The average Bonchev–Trinajstić information content (AvgIpc) is 2.88. The lowest BCUT2D eigenvalue weighted by Crippen LogP contribution is -2.46. The van der Waals surface area contributed by atoms with Gasteiger partial charge in [-0.2, -0.15) is 0 Å². The Kier molecular flexibility index (Phi) is 3.38. The molecule has 2 heterocycles. The number of carbonyl (C=O) groups excluding carboxylic acids is 1. The van der Waals surface area contributed by atoms with Gasteiger partial charge in [-0.05, 0) is 31.0 Å². The van der Waals surface area contributed by atoms with Gasteiger partial charge in [-0.1, -0.05) is 0 Å². The second-order valence-electron chi connectivity index (χ2n) is 5.35. The highest BCUT2D eigenvalue weighted by molar-refractivity contribution is 5.76. The Hall–Kier alpha value is -1.98. The van der Waals surface area contributed by atoms with Crippen LogP contribution in [0.4, 0.5) is 20.6 Å². The third kappa shape index (κ3) is 2.37. The van der Waals surface area contributed by atoms with Crippen LogP contribution < -0.4 is 16.0 Å². The average molecular weight is 278 g/mol. The minimum absolute atomic E-state index is 0.0359. The van der Waals surface area contributed by atoms with Gasteiger partial charge in [0.1, 0.15) is 5.82 Å². The van der Waals surface area contributed by atoms with E-state index in [1.807, 2.05) is 4.90 Å². The number of nitrogen functional groups attached to an aromatic ring is 1. The number of amides is 2. The fraction of sp³-hybridized carbons (Fsp3) is 0.500. The summed E-state index contributed by atoms with van der Waals surface area (Å²) in [4.78, 5) is 15.7. The molecule has 6 heteroatoms. The van der Waals surface area contributed by atoms with Crippen LogP contribution in [0.5, 0.6) is 0 Å². The summed E-state index contributed by atoms with van der Waals surface area (Å²) in [6, 6.07) is 4.78. The standard InChI is InChI=1S/C14H19FN4O/c15-10-1-2-12(16)13(9-10)18-6-3-11(4-7-18)19-8-5-17-14(19)20/h1-2,9,11H,3-8,16H2,(H,17,20). The van der Waals surface area contributed by atoms with Crippen LogP contribution >= 0.6 is 0 Å². The zero-order chi connectivity index (χ0) is 14.1. The summed E-state index contributed by atoms with van der Waals surface area (Å²) in [7, 11) is 0. The molecule has 3 rings (SSSR count). The normalized spacial score (nSPS) is 20.4. The SMILES string of the molecule is Nc1ccc(F)cc1N1CCC(N2CCNC2=O)CC1. The first-order valence-corrected chi connectivity index (χ1v) is 6.99. The highest BCUT2D eigenvalue weighted by atomic mass is 19.1. The number of nitrogens with two attached hydrogens (primary N) is 1. The number of nitrogens with one attached hydrogen (secondary N) is 1. The van der Waals surface area contributed by atoms with Crippen molar-refractivity contribution in [2.45, 2.75) is 18.9 Å². The number of benzene rings is 1. The molecule has 2 aliphatic rings. The summed E-state index contributed by atoms with van der Waals surface area (Å²) >= 11 is 0. The van der Waals surface area contributed by atoms with E-state index in [2.05, 4.69) is 10.2 Å². The number of nitrogens with zero attached hydrogens (tertiary/aromatic N) is 2. The monoisotopic (exact) mass is 278 g/mol. The summed E-state index contributed by atoms with van der Waals surface area (Å²) in [5.74, 6) is -0.268. The number of anilines is 2. The maximum Gasteiger partial charge on any atom is 0.317 e. The van der Waals surface area contributed by atoms with E-state index in [1.54, 1.807) is 6.07 Å². The highest BCUT2D eigenvalue weighted by Gasteiger charge is 2.31. The van der Waals surface area contributed by atoms with Crippen molar-refractivity contribution in [3.05, 3.63) is 24.0 Å². The van der Waals surface area contributed by atoms with Crippen molar-refractivity contribution in [1.82, 2.24) is 10.2 Å². The van der Waals surface area contributed by atoms with Gasteiger partial charge in [0.25, 0.3) is 0 Å². The van der Waals surface area contributed by atoms with Gasteiger partial charge in [0.2, 0.25) is 0 Å². The first-order chi connectivity index (χ1) is 9.65. The molecule has 2 amide bonds. The van der Waals surface area contributed by atoms with Crippen LogP contribution in [0.25, 0.3) is 0 Å². The minimum atomic E-state index is -0.268. The van der Waals surface area contributed by atoms with Gasteiger partial charge in [0, 0.05) is 32.2 Å². The molecule has 0 saturated carbocycles. The number of piperidine rings is 1. The minimum Gasteiger partial charge on any atom is -0.397 e. The molecule has 0 spiro atoms. The van der Waals surface area contributed by atoms with Crippen molar-refractivity contribution in [2.24, 2.45) is 0 Å². The van der Waals surface area contributed by atoms with E-state index in [9.17, 15) is 9.18 Å². The van der Waals surface area contributed by atoms with Crippen LogP contribution in [-0.4, -0.2) is 43.2 Å². The number of urea groups is 1. The molecule has 108 valence electrons. The zero-order valence-electron chi connectivity index (χ0n) is 11.3. The zero-order valence-corrected chi connectivity index (χ0v) is 11.3. The lowest BCUT2D eigenvalue weighted by molar-refractivity contribution is 0.186. The third-order valence-electron chi connectivity index (χ3n) is 4.13. The quantitative estimate of drug-likeness (QED) is 0.804. The van der Waals surface area contributed by atoms with E-state index in [-0.39, 0.29) is 17.9 Å². The van der Waals surface area contributed by atoms with Crippen molar-refractivity contribution >= 4 is 17.4 Å². The van der Waals surface area contributed by atoms with E-state index in [4.69, 9.17) is 5.73 Å². The number of halogens is 1. The van der Waals surface area contributed by atoms with Crippen molar-refractivity contribution in [3.63, 3.8) is 0 Å². The van der Waals surface area contributed by atoms with Crippen LogP contribution in [0.2, 0.25) is 0 Å². The molecule has 0 aliphatic carbocycles. The summed E-state index contributed by atoms with van der Waals surface area (Å²) < 4.78 is 13.3. The predicted octanol–water partition coefficient (Wildman–Crippen LogP) is 1.40. The molecular formula is C14H19FN4O. The molecule has 1 aromatic rings. The predicted molar refractivity (Wildman–Crippen MR) is 76.2 cm³/mol. The number of hydrogen-bond donors (Lipinski definition) is 2. The molecule has 2 aliphatic heterocycles. The summed E-state index contributed by atoms with van der Waals surface area (Å²) in [6.45, 7) is 3.10. The molecular weight excluding hydrogens is 259 g/mol. The molecule has 0 unspecified atom stereocenters. The lowest BCUT2D eigenvalue weighted by Gasteiger charge is -2.37. The van der Waals surface area contributed by atoms with Crippen molar-refractivity contribution in [1.29, 1.82) is 0 Å². The molecule has 20 heavy (non-hydrogen) atoms. The largest absolute Gasteiger partial charge is 0.397 e. The summed E-state index contributed by atoms with van der Waals surface area (Å²) in [6.07, 6.45) is 1.78. The van der Waals surface area contributed by atoms with Crippen molar-refractivity contribution in [2.75, 3.05) is 36.8 Å². The smallest absolute Gasteiger partial charge is 0.317 e. The Morgan fingerprint density at radius 1 is 1.25 bits per heavy atom. The summed E-state index contributed by atoms with van der Waals surface area (Å²) in [5, 5.41) is 2.83. The molecule has 2 saturated heterocycles. The van der Waals surface area contributed by atoms with Crippen LogP contribution in [0.1, 0.15) is 12.8 Å². The van der Waals surface area contributed by atoms with Gasteiger partial charge in [0.15, 0.2) is 0 Å². The Bertz CT molecular complexity index is 514. The lowest BCUT2D eigenvalue weighted by atomic mass is 10.0. The molecule has 2 fully saturated rings. The molecule has 3 N–H and O–H groups in total. The van der Waals surface area contributed by atoms with Crippen LogP contribution in [0, 0.1) is 5.82 Å². The van der Waals surface area contributed by atoms with Crippen LogP contribution in [0.3, 0.4) is 0 Å². The fourth-order valence-corrected chi connectivity index (χ4v) is 3.04. The van der Waals surface area contributed by atoms with E-state index >= 15 is 0 Å². The molecule has 0 atom stereocenters. The van der Waals surface area contributed by atoms with E-state index < -0.39 is 0 Å². The maximum atomic E-state index is 13.3. The van der Waals surface area contributed by atoms with E-state index in [0.717, 1.165) is 44.7 Å². The Balaban J connectivity index is 1.66. The number of rotatable bonds is 2. The second-order valence-corrected chi connectivity index (χ2v) is 5.35. The molecule has 0 radical (unpaired) electrons. The Morgan fingerprint density at radius 2 is 2.00 bits per heavy atom. The van der Waals surface area contributed by atoms with E-state index in [1.165, 1.54) is 12.1 Å². The molecule has 5 nitrogen and oxygen atoms in total. The highest BCUT2D eigenvalue weighted by Crippen LogP contribution is 2.28.